The molecule has 1 fully saturated rings. The second-order valence-electron chi connectivity index (χ2n) is 5.79. The van der Waals surface area contributed by atoms with E-state index in [1.165, 1.54) is 43.2 Å². The van der Waals surface area contributed by atoms with Gasteiger partial charge in [-0.25, -0.2) is 0 Å². The molecule has 0 aliphatic heterocycles. The average Bonchev–Trinajstić information content (AvgIpc) is 2.48. The Bertz CT molecular complexity index is 367. The first-order valence-electron chi connectivity index (χ1n) is 7.64. The molecule has 1 aliphatic rings. The van der Waals surface area contributed by atoms with E-state index < -0.39 is 0 Å². The molecule has 1 aromatic carbocycles. The molecule has 0 amide bonds. The van der Waals surface area contributed by atoms with E-state index in [4.69, 9.17) is 11.6 Å². The highest BCUT2D eigenvalue weighted by molar-refractivity contribution is 6.21. The Hall–Kier alpha value is -0.530. The van der Waals surface area contributed by atoms with Crippen LogP contribution in [0.3, 0.4) is 0 Å². The van der Waals surface area contributed by atoms with Crippen LogP contribution in [-0.4, -0.2) is 24.5 Å². The highest BCUT2D eigenvalue weighted by Crippen LogP contribution is 2.26. The lowest BCUT2D eigenvalue weighted by atomic mass is 9.94. The third kappa shape index (κ3) is 4.22. The monoisotopic (exact) mass is 279 g/mol. The Morgan fingerprint density at radius 2 is 1.79 bits per heavy atom. The van der Waals surface area contributed by atoms with E-state index in [0.717, 1.165) is 19.0 Å². The largest absolute Gasteiger partial charge is 0.302 e. The molecule has 1 saturated carbocycles. The average molecular weight is 280 g/mol. The van der Waals surface area contributed by atoms with Gasteiger partial charge in [0.1, 0.15) is 0 Å². The molecule has 106 valence electrons. The van der Waals surface area contributed by atoms with Crippen molar-refractivity contribution in [2.45, 2.75) is 56.9 Å². The summed E-state index contributed by atoms with van der Waals surface area (Å²) in [5.74, 6) is 0. The zero-order valence-electron chi connectivity index (χ0n) is 12.2. The predicted molar refractivity (Wildman–Crippen MR) is 83.9 cm³/mol. The van der Waals surface area contributed by atoms with Crippen molar-refractivity contribution in [3.05, 3.63) is 35.4 Å². The van der Waals surface area contributed by atoms with Crippen molar-refractivity contribution in [3.8, 4) is 0 Å². The summed E-state index contributed by atoms with van der Waals surface area (Å²) in [5, 5.41) is 0.109. The van der Waals surface area contributed by atoms with E-state index in [0.29, 0.717) is 0 Å². The number of alkyl halides is 1. The van der Waals surface area contributed by atoms with E-state index in [1.54, 1.807) is 0 Å². The minimum absolute atomic E-state index is 0.109. The standard InChI is InChI=1S/C17H26ClN/c1-3-14-9-11-15(12-10-14)17(18)13-19(2)16-7-5-4-6-8-16/h9-12,16-17H,3-8,13H2,1-2H3. The van der Waals surface area contributed by atoms with Crippen LogP contribution in [0.15, 0.2) is 24.3 Å². The lowest BCUT2D eigenvalue weighted by Crippen LogP contribution is -2.35. The van der Waals surface area contributed by atoms with Crippen molar-refractivity contribution in [2.24, 2.45) is 0 Å². The van der Waals surface area contributed by atoms with Crippen LogP contribution in [0.2, 0.25) is 0 Å². The molecule has 1 nitrogen and oxygen atoms in total. The molecule has 1 atom stereocenters. The molecule has 19 heavy (non-hydrogen) atoms. The molecule has 1 aromatic rings. The van der Waals surface area contributed by atoms with Gasteiger partial charge in [-0.15, -0.1) is 11.6 Å². The molecular formula is C17H26ClN. The van der Waals surface area contributed by atoms with Gasteiger partial charge in [0.05, 0.1) is 5.38 Å². The summed E-state index contributed by atoms with van der Waals surface area (Å²) >= 11 is 6.57. The molecule has 0 aromatic heterocycles. The van der Waals surface area contributed by atoms with Gasteiger partial charge in [-0.2, -0.15) is 0 Å². The van der Waals surface area contributed by atoms with Crippen LogP contribution in [0.25, 0.3) is 0 Å². The van der Waals surface area contributed by atoms with Gasteiger partial charge < -0.3 is 4.90 Å². The maximum atomic E-state index is 6.57. The molecular weight excluding hydrogens is 254 g/mol. The zero-order chi connectivity index (χ0) is 13.7. The minimum atomic E-state index is 0.109. The Morgan fingerprint density at radius 1 is 1.16 bits per heavy atom. The quantitative estimate of drug-likeness (QED) is 0.700. The van der Waals surface area contributed by atoms with Gasteiger partial charge in [0.2, 0.25) is 0 Å². The van der Waals surface area contributed by atoms with Crippen LogP contribution in [0.5, 0.6) is 0 Å². The van der Waals surface area contributed by atoms with Crippen molar-refractivity contribution < 1.29 is 0 Å². The van der Waals surface area contributed by atoms with Crippen molar-refractivity contribution >= 4 is 11.6 Å². The normalized spacial score (nSPS) is 18.7. The number of likely N-dealkylation sites (N-methyl/N-ethyl adjacent to an activating group) is 1. The van der Waals surface area contributed by atoms with Crippen molar-refractivity contribution in [1.29, 1.82) is 0 Å². The third-order valence-corrected chi connectivity index (χ3v) is 4.79. The van der Waals surface area contributed by atoms with E-state index >= 15 is 0 Å². The summed E-state index contributed by atoms with van der Waals surface area (Å²) in [6.07, 6.45) is 7.95. The topological polar surface area (TPSA) is 3.24 Å². The van der Waals surface area contributed by atoms with Crippen LogP contribution in [0, 0.1) is 0 Å². The van der Waals surface area contributed by atoms with Crippen molar-refractivity contribution in [2.75, 3.05) is 13.6 Å². The van der Waals surface area contributed by atoms with Crippen LogP contribution in [0.4, 0.5) is 0 Å². The number of halogens is 1. The van der Waals surface area contributed by atoms with E-state index in [-0.39, 0.29) is 5.38 Å². The summed E-state index contributed by atoms with van der Waals surface area (Å²) in [4.78, 5) is 2.46. The molecule has 1 aliphatic carbocycles. The first kappa shape index (κ1) is 14.9. The molecule has 0 radical (unpaired) electrons. The molecule has 0 spiro atoms. The third-order valence-electron chi connectivity index (χ3n) is 4.40. The molecule has 2 heteroatoms. The number of hydrogen-bond acceptors (Lipinski definition) is 1. The number of benzene rings is 1. The highest BCUT2D eigenvalue weighted by Gasteiger charge is 2.20. The van der Waals surface area contributed by atoms with E-state index in [2.05, 4.69) is 43.1 Å². The Morgan fingerprint density at radius 3 is 2.37 bits per heavy atom. The zero-order valence-corrected chi connectivity index (χ0v) is 13.0. The first-order valence-corrected chi connectivity index (χ1v) is 8.07. The molecule has 1 unspecified atom stereocenters. The van der Waals surface area contributed by atoms with Crippen LogP contribution >= 0.6 is 11.6 Å². The van der Waals surface area contributed by atoms with Gasteiger partial charge in [0.25, 0.3) is 0 Å². The fourth-order valence-corrected chi connectivity index (χ4v) is 3.35. The minimum Gasteiger partial charge on any atom is -0.302 e. The van der Waals surface area contributed by atoms with E-state index in [1.807, 2.05) is 0 Å². The fraction of sp³-hybridized carbons (Fsp3) is 0.647. The van der Waals surface area contributed by atoms with Crippen molar-refractivity contribution in [1.82, 2.24) is 4.90 Å². The van der Waals surface area contributed by atoms with E-state index in [9.17, 15) is 0 Å². The Kier molecular flexibility index (Phi) is 5.72. The molecule has 0 saturated heterocycles. The Balaban J connectivity index is 1.89. The summed E-state index contributed by atoms with van der Waals surface area (Å²) < 4.78 is 0. The molecule has 0 bridgehead atoms. The van der Waals surface area contributed by atoms with Crippen LogP contribution in [-0.2, 0) is 6.42 Å². The molecule has 0 heterocycles. The van der Waals surface area contributed by atoms with Crippen molar-refractivity contribution in [3.63, 3.8) is 0 Å². The number of nitrogens with zero attached hydrogens (tertiary/aromatic N) is 1. The number of rotatable bonds is 5. The first-order chi connectivity index (χ1) is 9.20. The van der Waals surface area contributed by atoms with Gasteiger partial charge >= 0.3 is 0 Å². The van der Waals surface area contributed by atoms with Gasteiger partial charge in [-0.1, -0.05) is 50.5 Å². The lowest BCUT2D eigenvalue weighted by Gasteiger charge is -2.32. The number of hydrogen-bond donors (Lipinski definition) is 0. The summed E-state index contributed by atoms with van der Waals surface area (Å²) in [7, 11) is 2.23. The van der Waals surface area contributed by atoms with Crippen LogP contribution in [0.1, 0.15) is 55.5 Å². The Labute approximate surface area is 123 Å². The van der Waals surface area contributed by atoms with Gasteiger partial charge in [0.15, 0.2) is 0 Å². The predicted octanol–water partition coefficient (Wildman–Crippen LogP) is 4.79. The lowest BCUT2D eigenvalue weighted by molar-refractivity contribution is 0.192. The van der Waals surface area contributed by atoms with Gasteiger partial charge in [0, 0.05) is 12.6 Å². The maximum Gasteiger partial charge on any atom is 0.0712 e. The fourth-order valence-electron chi connectivity index (χ4n) is 2.99. The van der Waals surface area contributed by atoms with Crippen LogP contribution < -0.4 is 0 Å². The summed E-state index contributed by atoms with van der Waals surface area (Å²) in [6.45, 7) is 3.14. The second-order valence-corrected chi connectivity index (χ2v) is 6.32. The second kappa shape index (κ2) is 7.31. The van der Waals surface area contributed by atoms with Gasteiger partial charge in [-0.05, 0) is 37.4 Å². The maximum absolute atomic E-state index is 6.57. The molecule has 2 rings (SSSR count). The SMILES string of the molecule is CCc1ccc(C(Cl)CN(C)C2CCCCC2)cc1. The summed E-state index contributed by atoms with van der Waals surface area (Å²) in [5.41, 5.74) is 2.63. The molecule has 0 N–H and O–H groups in total. The smallest absolute Gasteiger partial charge is 0.0712 e. The summed E-state index contributed by atoms with van der Waals surface area (Å²) in [6, 6.07) is 9.51. The van der Waals surface area contributed by atoms with Gasteiger partial charge in [-0.3, -0.25) is 0 Å². The number of aryl methyl sites for hydroxylation is 1. The highest BCUT2D eigenvalue weighted by atomic mass is 35.5.